The van der Waals surface area contributed by atoms with Crippen molar-refractivity contribution in [2.24, 2.45) is 5.10 Å². The lowest BCUT2D eigenvalue weighted by Gasteiger charge is -2.09. The zero-order valence-electron chi connectivity index (χ0n) is 11.5. The van der Waals surface area contributed by atoms with E-state index in [0.29, 0.717) is 5.75 Å². The lowest BCUT2D eigenvalue weighted by Crippen LogP contribution is -2.05. The molecule has 0 heterocycles. The van der Waals surface area contributed by atoms with Crippen LogP contribution in [0.15, 0.2) is 47.6 Å². The SMILES string of the molecule is COc1cccc(C=NNc2cc(C(F)(F)F)ccc2Cl)c1. The highest BCUT2D eigenvalue weighted by atomic mass is 35.5. The Kier molecular flexibility index (Phi) is 4.92. The lowest BCUT2D eigenvalue weighted by atomic mass is 10.2. The Hall–Kier alpha value is -2.21. The summed E-state index contributed by atoms with van der Waals surface area (Å²) in [5.74, 6) is 0.654. The molecule has 0 aromatic heterocycles. The molecule has 0 saturated carbocycles. The zero-order chi connectivity index (χ0) is 16.2. The van der Waals surface area contributed by atoms with Crippen LogP contribution < -0.4 is 10.2 Å². The fourth-order valence-corrected chi connectivity index (χ4v) is 1.85. The number of anilines is 1. The van der Waals surface area contributed by atoms with Gasteiger partial charge in [-0.2, -0.15) is 18.3 Å². The molecule has 2 aromatic carbocycles. The van der Waals surface area contributed by atoms with Gasteiger partial charge in [-0.15, -0.1) is 0 Å². The van der Waals surface area contributed by atoms with Crippen molar-refractivity contribution in [3.63, 3.8) is 0 Å². The summed E-state index contributed by atoms with van der Waals surface area (Å²) in [6, 6.07) is 10.1. The van der Waals surface area contributed by atoms with Gasteiger partial charge in [-0.05, 0) is 35.9 Å². The van der Waals surface area contributed by atoms with Crippen LogP contribution in [0.25, 0.3) is 0 Å². The van der Waals surface area contributed by atoms with Crippen molar-refractivity contribution >= 4 is 23.5 Å². The number of methoxy groups -OCH3 is 1. The first-order chi connectivity index (χ1) is 10.4. The van der Waals surface area contributed by atoms with Gasteiger partial charge < -0.3 is 4.74 Å². The zero-order valence-corrected chi connectivity index (χ0v) is 12.2. The van der Waals surface area contributed by atoms with Crippen LogP contribution in [0.2, 0.25) is 5.02 Å². The third kappa shape index (κ3) is 4.14. The number of alkyl halides is 3. The predicted octanol–water partition coefficient (Wildman–Crippen LogP) is 4.81. The minimum atomic E-state index is -4.43. The topological polar surface area (TPSA) is 33.6 Å². The second-order valence-electron chi connectivity index (χ2n) is 4.34. The first-order valence-corrected chi connectivity index (χ1v) is 6.58. The first-order valence-electron chi connectivity index (χ1n) is 6.20. The standard InChI is InChI=1S/C15H12ClF3N2O/c1-22-12-4-2-3-10(7-12)9-20-21-14-8-11(15(17,18)19)5-6-13(14)16/h2-9,21H,1H3. The van der Waals surface area contributed by atoms with Crippen LogP contribution in [0.3, 0.4) is 0 Å². The summed E-state index contributed by atoms with van der Waals surface area (Å²) in [7, 11) is 1.54. The largest absolute Gasteiger partial charge is 0.497 e. The average molecular weight is 329 g/mol. The predicted molar refractivity (Wildman–Crippen MR) is 80.7 cm³/mol. The molecule has 0 atom stereocenters. The van der Waals surface area contributed by atoms with E-state index in [1.807, 2.05) is 0 Å². The monoisotopic (exact) mass is 328 g/mol. The number of nitrogens with one attached hydrogen (secondary N) is 1. The molecular weight excluding hydrogens is 317 g/mol. The van der Waals surface area contributed by atoms with E-state index >= 15 is 0 Å². The van der Waals surface area contributed by atoms with E-state index in [1.54, 1.807) is 24.3 Å². The van der Waals surface area contributed by atoms with Gasteiger partial charge in [0.05, 0.1) is 29.6 Å². The number of ether oxygens (including phenoxy) is 1. The fraction of sp³-hybridized carbons (Fsp3) is 0.133. The number of hydrogen-bond donors (Lipinski definition) is 1. The molecule has 116 valence electrons. The van der Waals surface area contributed by atoms with Crippen molar-refractivity contribution in [3.8, 4) is 5.75 Å². The van der Waals surface area contributed by atoms with Gasteiger partial charge in [0.1, 0.15) is 5.75 Å². The maximum Gasteiger partial charge on any atom is 0.416 e. The Morgan fingerprint density at radius 3 is 2.64 bits per heavy atom. The summed E-state index contributed by atoms with van der Waals surface area (Å²) in [6.07, 6.45) is -2.98. The number of rotatable bonds is 4. The van der Waals surface area contributed by atoms with Gasteiger partial charge in [0.25, 0.3) is 0 Å². The highest BCUT2D eigenvalue weighted by molar-refractivity contribution is 6.33. The molecule has 0 spiro atoms. The molecular formula is C15H12ClF3N2O. The maximum atomic E-state index is 12.6. The van der Waals surface area contributed by atoms with Gasteiger partial charge in [-0.25, -0.2) is 0 Å². The summed E-state index contributed by atoms with van der Waals surface area (Å²) in [6.45, 7) is 0. The van der Waals surface area contributed by atoms with E-state index in [9.17, 15) is 13.2 Å². The second kappa shape index (κ2) is 6.70. The number of halogens is 4. The van der Waals surface area contributed by atoms with Crippen LogP contribution in [0.5, 0.6) is 5.75 Å². The van der Waals surface area contributed by atoms with E-state index in [4.69, 9.17) is 16.3 Å². The molecule has 0 aliphatic carbocycles. The Morgan fingerprint density at radius 1 is 1.18 bits per heavy atom. The van der Waals surface area contributed by atoms with Gasteiger partial charge in [-0.3, -0.25) is 5.43 Å². The quantitative estimate of drug-likeness (QED) is 0.645. The maximum absolute atomic E-state index is 12.6. The molecule has 0 amide bonds. The molecule has 22 heavy (non-hydrogen) atoms. The van der Waals surface area contributed by atoms with Crippen LogP contribution in [-0.4, -0.2) is 13.3 Å². The molecule has 0 fully saturated rings. The first kappa shape index (κ1) is 16.2. The van der Waals surface area contributed by atoms with Crippen molar-refractivity contribution in [2.45, 2.75) is 6.18 Å². The van der Waals surface area contributed by atoms with Crippen molar-refractivity contribution in [3.05, 3.63) is 58.6 Å². The lowest BCUT2D eigenvalue weighted by molar-refractivity contribution is -0.137. The van der Waals surface area contributed by atoms with E-state index in [1.165, 1.54) is 19.4 Å². The van der Waals surface area contributed by atoms with Gasteiger partial charge in [-0.1, -0.05) is 23.7 Å². The van der Waals surface area contributed by atoms with E-state index in [-0.39, 0.29) is 10.7 Å². The third-order valence-electron chi connectivity index (χ3n) is 2.79. The molecule has 2 rings (SSSR count). The minimum Gasteiger partial charge on any atom is -0.497 e. The summed E-state index contributed by atoms with van der Waals surface area (Å²) >= 11 is 5.85. The Balaban J connectivity index is 2.15. The van der Waals surface area contributed by atoms with Gasteiger partial charge in [0.15, 0.2) is 0 Å². The van der Waals surface area contributed by atoms with Crippen molar-refractivity contribution in [1.82, 2.24) is 0 Å². The van der Waals surface area contributed by atoms with E-state index in [0.717, 1.165) is 17.7 Å². The molecule has 2 aromatic rings. The number of hydrogen-bond acceptors (Lipinski definition) is 3. The molecule has 7 heteroatoms. The average Bonchev–Trinajstić information content (AvgIpc) is 2.48. The fourth-order valence-electron chi connectivity index (χ4n) is 1.69. The van der Waals surface area contributed by atoms with Gasteiger partial charge in [0, 0.05) is 0 Å². The van der Waals surface area contributed by atoms with Crippen LogP contribution >= 0.6 is 11.6 Å². The summed E-state index contributed by atoms with van der Waals surface area (Å²) in [5, 5.41) is 4.04. The van der Waals surface area contributed by atoms with Crippen molar-refractivity contribution < 1.29 is 17.9 Å². The normalized spacial score (nSPS) is 11.7. The van der Waals surface area contributed by atoms with Crippen molar-refractivity contribution in [1.29, 1.82) is 0 Å². The Morgan fingerprint density at radius 2 is 1.95 bits per heavy atom. The highest BCUT2D eigenvalue weighted by Gasteiger charge is 2.30. The number of hydrazone groups is 1. The summed E-state index contributed by atoms with van der Waals surface area (Å²) in [4.78, 5) is 0. The molecule has 0 bridgehead atoms. The molecule has 3 nitrogen and oxygen atoms in total. The molecule has 0 radical (unpaired) electrons. The van der Waals surface area contributed by atoms with Gasteiger partial charge in [0.2, 0.25) is 0 Å². The molecule has 0 aliphatic heterocycles. The minimum absolute atomic E-state index is 0.0793. The van der Waals surface area contributed by atoms with Crippen LogP contribution in [-0.2, 0) is 6.18 Å². The third-order valence-corrected chi connectivity index (χ3v) is 3.12. The molecule has 0 saturated heterocycles. The van der Waals surface area contributed by atoms with Crippen molar-refractivity contribution in [2.75, 3.05) is 12.5 Å². The summed E-state index contributed by atoms with van der Waals surface area (Å²) in [5.41, 5.74) is 2.52. The second-order valence-corrected chi connectivity index (χ2v) is 4.75. The van der Waals surface area contributed by atoms with E-state index < -0.39 is 11.7 Å². The van der Waals surface area contributed by atoms with Crippen LogP contribution in [0, 0.1) is 0 Å². The van der Waals surface area contributed by atoms with E-state index in [2.05, 4.69) is 10.5 Å². The molecule has 1 N–H and O–H groups in total. The van der Waals surface area contributed by atoms with Crippen LogP contribution in [0.1, 0.15) is 11.1 Å². The molecule has 0 unspecified atom stereocenters. The smallest absolute Gasteiger partial charge is 0.416 e. The number of benzene rings is 2. The summed E-state index contributed by atoms with van der Waals surface area (Å²) < 4.78 is 43.0. The Bertz CT molecular complexity index is 687. The highest BCUT2D eigenvalue weighted by Crippen LogP contribution is 2.33. The van der Waals surface area contributed by atoms with Crippen LogP contribution in [0.4, 0.5) is 18.9 Å². The molecule has 0 aliphatic rings. The Labute approximate surface area is 130 Å². The van der Waals surface area contributed by atoms with Gasteiger partial charge >= 0.3 is 6.18 Å². The number of nitrogens with zero attached hydrogens (tertiary/aromatic N) is 1.